The van der Waals surface area contributed by atoms with Crippen LogP contribution in [0.3, 0.4) is 0 Å². The molecule has 4 heteroatoms. The van der Waals surface area contributed by atoms with Crippen molar-refractivity contribution in [2.24, 2.45) is 0 Å². The van der Waals surface area contributed by atoms with Crippen LogP contribution in [0.4, 0.5) is 0 Å². The van der Waals surface area contributed by atoms with Crippen LogP contribution < -0.4 is 0 Å². The van der Waals surface area contributed by atoms with Crippen molar-refractivity contribution in [3.8, 4) is 55.9 Å². The van der Waals surface area contributed by atoms with Crippen molar-refractivity contribution in [3.05, 3.63) is 194 Å². The van der Waals surface area contributed by atoms with Crippen LogP contribution in [0.15, 0.2) is 187 Å². The molecule has 0 saturated carbocycles. The normalized spacial score (nSPS) is 10.6. The molecular formula is C46H30IrN2O-2. The predicted octanol–water partition coefficient (Wildman–Crippen LogP) is 12.0. The molecule has 9 aromatic rings. The first-order valence-corrected chi connectivity index (χ1v) is 16.2. The fraction of sp³-hybridized carbons (Fsp3) is 0. The number of hydrogen-bond acceptors (Lipinski definition) is 3. The second-order valence-electron chi connectivity index (χ2n) is 11.6. The van der Waals surface area contributed by atoms with Gasteiger partial charge < -0.3 is 14.4 Å². The molecule has 1 radical (unpaired) electrons. The van der Waals surface area contributed by atoms with Crippen LogP contribution in [0.2, 0.25) is 0 Å². The number of pyridine rings is 2. The summed E-state index contributed by atoms with van der Waals surface area (Å²) in [6.45, 7) is 0. The molecule has 241 valence electrons. The van der Waals surface area contributed by atoms with Crippen LogP contribution in [-0.4, -0.2) is 9.97 Å². The number of benzene rings is 6. The molecule has 0 aliphatic rings. The molecule has 3 nitrogen and oxygen atoms in total. The summed E-state index contributed by atoms with van der Waals surface area (Å²) in [5.41, 5.74) is 12.7. The van der Waals surface area contributed by atoms with Gasteiger partial charge in [0.1, 0.15) is 11.2 Å². The van der Waals surface area contributed by atoms with Gasteiger partial charge >= 0.3 is 0 Å². The zero-order valence-electron chi connectivity index (χ0n) is 27.0. The number of rotatable bonds is 5. The molecule has 0 amide bonds. The minimum absolute atomic E-state index is 0. The molecule has 0 unspecified atom stereocenters. The third-order valence-corrected chi connectivity index (χ3v) is 8.54. The summed E-state index contributed by atoms with van der Waals surface area (Å²) in [5, 5.41) is 2.30. The van der Waals surface area contributed by atoms with Crippen LogP contribution >= 0.6 is 0 Å². The van der Waals surface area contributed by atoms with Gasteiger partial charge in [-0.15, -0.1) is 71.3 Å². The first-order chi connectivity index (χ1) is 24.3. The van der Waals surface area contributed by atoms with Gasteiger partial charge in [0.2, 0.25) is 0 Å². The molecule has 0 aliphatic carbocycles. The predicted molar refractivity (Wildman–Crippen MR) is 201 cm³/mol. The molecule has 50 heavy (non-hydrogen) atoms. The summed E-state index contributed by atoms with van der Waals surface area (Å²) in [4.78, 5) is 8.67. The minimum Gasteiger partial charge on any atom is -0.455 e. The van der Waals surface area contributed by atoms with E-state index >= 15 is 0 Å². The molecule has 0 spiro atoms. The van der Waals surface area contributed by atoms with Crippen molar-refractivity contribution in [2.45, 2.75) is 0 Å². The number of furan rings is 1. The Labute approximate surface area is 305 Å². The Hall–Kier alpha value is -5.93. The standard InChI is InChI=1S/C35H22NO.C11H8N.Ir/c1-2-13-34-31(9-1)32-11-6-10-30(35(32)37-34)27-20-18-25(19-21-27)24-14-16-26(17-15-24)28-7-5-8-29(23-28)33-12-3-4-22-36-33;1-2-6-10(7-3-1)11-8-4-5-9-12-11;/h1-7,9-23H;1-6,8-9H;/q2*-1;. The van der Waals surface area contributed by atoms with Gasteiger partial charge in [-0.1, -0.05) is 109 Å². The molecule has 0 atom stereocenters. The number of hydrogen-bond donors (Lipinski definition) is 0. The Morgan fingerprint density at radius 1 is 0.420 bits per heavy atom. The van der Waals surface area contributed by atoms with Gasteiger partial charge in [0, 0.05) is 48.8 Å². The average molecular weight is 819 g/mol. The Morgan fingerprint density at radius 2 is 1.00 bits per heavy atom. The number of para-hydroxylation sites is 2. The van der Waals surface area contributed by atoms with Crippen molar-refractivity contribution in [1.29, 1.82) is 0 Å². The van der Waals surface area contributed by atoms with E-state index in [0.717, 1.165) is 61.1 Å². The Morgan fingerprint density at radius 3 is 1.66 bits per heavy atom. The number of nitrogens with zero attached hydrogens (tertiary/aromatic N) is 2. The summed E-state index contributed by atoms with van der Waals surface area (Å²) in [6.07, 6.45) is 3.60. The van der Waals surface area contributed by atoms with E-state index in [-0.39, 0.29) is 20.1 Å². The van der Waals surface area contributed by atoms with Crippen LogP contribution in [0.5, 0.6) is 0 Å². The third-order valence-electron chi connectivity index (χ3n) is 8.54. The Balaban J connectivity index is 0.000000255. The van der Waals surface area contributed by atoms with E-state index in [1.807, 2.05) is 85.1 Å². The second-order valence-corrected chi connectivity index (χ2v) is 11.6. The van der Waals surface area contributed by atoms with E-state index < -0.39 is 0 Å². The Kier molecular flexibility index (Phi) is 9.84. The van der Waals surface area contributed by atoms with Crippen LogP contribution in [0, 0.1) is 12.1 Å². The van der Waals surface area contributed by atoms with Gasteiger partial charge in [-0.2, -0.15) is 0 Å². The molecule has 6 aromatic carbocycles. The van der Waals surface area contributed by atoms with Gasteiger partial charge in [-0.3, -0.25) is 0 Å². The van der Waals surface area contributed by atoms with Crippen molar-refractivity contribution in [2.75, 3.05) is 0 Å². The van der Waals surface area contributed by atoms with E-state index in [4.69, 9.17) is 4.42 Å². The van der Waals surface area contributed by atoms with Crippen LogP contribution in [-0.2, 0) is 20.1 Å². The van der Waals surface area contributed by atoms with Crippen LogP contribution in [0.25, 0.3) is 77.8 Å². The fourth-order valence-corrected chi connectivity index (χ4v) is 6.06. The van der Waals surface area contributed by atoms with E-state index in [2.05, 4.69) is 113 Å². The molecule has 0 fully saturated rings. The Bertz CT molecular complexity index is 2420. The first-order valence-electron chi connectivity index (χ1n) is 16.2. The van der Waals surface area contributed by atoms with Gasteiger partial charge in [0.25, 0.3) is 0 Å². The number of aromatic nitrogens is 2. The van der Waals surface area contributed by atoms with Gasteiger partial charge in [-0.25, -0.2) is 0 Å². The van der Waals surface area contributed by atoms with E-state index in [0.29, 0.717) is 0 Å². The fourth-order valence-electron chi connectivity index (χ4n) is 6.06. The van der Waals surface area contributed by atoms with Crippen molar-refractivity contribution < 1.29 is 24.5 Å². The number of fused-ring (bicyclic) bond motifs is 3. The molecule has 9 rings (SSSR count). The van der Waals surface area contributed by atoms with Crippen molar-refractivity contribution in [1.82, 2.24) is 9.97 Å². The third kappa shape index (κ3) is 6.95. The molecule has 0 N–H and O–H groups in total. The summed E-state index contributed by atoms with van der Waals surface area (Å²) < 4.78 is 6.24. The van der Waals surface area contributed by atoms with Gasteiger partial charge in [0.15, 0.2) is 0 Å². The summed E-state index contributed by atoms with van der Waals surface area (Å²) >= 11 is 0. The van der Waals surface area contributed by atoms with Crippen molar-refractivity contribution in [3.63, 3.8) is 0 Å². The topological polar surface area (TPSA) is 38.9 Å². The van der Waals surface area contributed by atoms with Crippen LogP contribution in [0.1, 0.15) is 0 Å². The summed E-state index contributed by atoms with van der Waals surface area (Å²) in [7, 11) is 0. The smallest absolute Gasteiger partial charge is 0.143 e. The van der Waals surface area contributed by atoms with E-state index in [1.165, 1.54) is 16.7 Å². The van der Waals surface area contributed by atoms with Gasteiger partial charge in [-0.05, 0) is 51.8 Å². The largest absolute Gasteiger partial charge is 0.455 e. The molecule has 3 aromatic heterocycles. The average Bonchev–Trinajstić information content (AvgIpc) is 3.59. The summed E-state index contributed by atoms with van der Waals surface area (Å²) in [6, 6.07) is 64.3. The van der Waals surface area contributed by atoms with E-state index in [9.17, 15) is 0 Å². The zero-order valence-corrected chi connectivity index (χ0v) is 29.4. The molecular weight excluding hydrogens is 789 g/mol. The molecule has 3 heterocycles. The molecule has 0 aliphatic heterocycles. The maximum Gasteiger partial charge on any atom is 0.143 e. The molecule has 0 bridgehead atoms. The maximum absolute atomic E-state index is 6.24. The second kappa shape index (κ2) is 15.1. The summed E-state index contributed by atoms with van der Waals surface area (Å²) in [5.74, 6) is 0. The SMILES string of the molecule is [Ir].[c-]1ccc(-c2ccc(-c3ccc(-c4cccc5c4oc4ccccc45)cc3)cc2)cc1-c1ccccn1.[c-]1ccccc1-c1ccccn1. The maximum atomic E-state index is 6.24. The first kappa shape index (κ1) is 32.6. The van der Waals surface area contributed by atoms with Gasteiger partial charge in [0.05, 0.1) is 0 Å². The quantitative estimate of drug-likeness (QED) is 0.162. The zero-order chi connectivity index (χ0) is 32.8. The molecule has 0 saturated heterocycles. The van der Waals surface area contributed by atoms with Crippen molar-refractivity contribution >= 4 is 21.9 Å². The van der Waals surface area contributed by atoms with E-state index in [1.54, 1.807) is 6.20 Å². The minimum atomic E-state index is 0. The monoisotopic (exact) mass is 819 g/mol.